The number of fused-ring (bicyclic) bond motifs is 1. The minimum absolute atomic E-state index is 0.213. The van der Waals surface area contributed by atoms with Crippen molar-refractivity contribution in [1.29, 1.82) is 0 Å². The lowest BCUT2D eigenvalue weighted by atomic mass is 10.0. The zero-order chi connectivity index (χ0) is 19.0. The van der Waals surface area contributed by atoms with Crippen molar-refractivity contribution in [2.45, 2.75) is 46.7 Å². The number of nitrogens with zero attached hydrogens (tertiary/aromatic N) is 1. The number of amides is 2. The summed E-state index contributed by atoms with van der Waals surface area (Å²) >= 11 is 1.47. The van der Waals surface area contributed by atoms with Crippen LogP contribution in [0.15, 0.2) is 18.2 Å². The van der Waals surface area contributed by atoms with Crippen molar-refractivity contribution in [2.75, 3.05) is 11.9 Å². The first-order valence-electron chi connectivity index (χ1n) is 8.85. The molecule has 0 atom stereocenters. The van der Waals surface area contributed by atoms with Crippen LogP contribution in [0.1, 0.15) is 56.1 Å². The zero-order valence-electron chi connectivity index (χ0n) is 15.7. The van der Waals surface area contributed by atoms with Crippen LogP contribution < -0.4 is 11.1 Å². The first-order chi connectivity index (χ1) is 12.3. The second kappa shape index (κ2) is 7.21. The molecular formula is C20H25N3O2S. The molecule has 1 aromatic carbocycles. The third-order valence-electron chi connectivity index (χ3n) is 5.06. The Labute approximate surface area is 158 Å². The Balaban J connectivity index is 1.91. The highest BCUT2D eigenvalue weighted by Crippen LogP contribution is 2.37. The quantitative estimate of drug-likeness (QED) is 0.864. The van der Waals surface area contributed by atoms with Crippen molar-refractivity contribution >= 4 is 28.2 Å². The zero-order valence-corrected chi connectivity index (χ0v) is 16.5. The number of rotatable bonds is 4. The van der Waals surface area contributed by atoms with Crippen molar-refractivity contribution in [2.24, 2.45) is 5.73 Å². The molecule has 6 heteroatoms. The van der Waals surface area contributed by atoms with Crippen LogP contribution in [-0.4, -0.2) is 29.3 Å². The van der Waals surface area contributed by atoms with Gasteiger partial charge in [0.25, 0.3) is 11.8 Å². The number of anilines is 1. The average molecular weight is 372 g/mol. The second-order valence-electron chi connectivity index (χ2n) is 7.14. The Hall–Kier alpha value is -2.18. The highest BCUT2D eigenvalue weighted by Gasteiger charge is 2.28. The predicted molar refractivity (Wildman–Crippen MR) is 106 cm³/mol. The molecule has 0 saturated heterocycles. The van der Waals surface area contributed by atoms with Crippen LogP contribution in [0.4, 0.5) is 5.00 Å². The number of hydrogen-bond acceptors (Lipinski definition) is 4. The summed E-state index contributed by atoms with van der Waals surface area (Å²) in [4.78, 5) is 28.2. The fraction of sp³-hybridized carbons (Fsp3) is 0.400. The summed E-state index contributed by atoms with van der Waals surface area (Å²) in [5, 5.41) is 3.48. The van der Waals surface area contributed by atoms with Gasteiger partial charge in [-0.1, -0.05) is 6.07 Å². The van der Waals surface area contributed by atoms with E-state index in [1.54, 1.807) is 6.07 Å². The topological polar surface area (TPSA) is 75.4 Å². The van der Waals surface area contributed by atoms with Gasteiger partial charge in [0.2, 0.25) is 0 Å². The number of nitrogens with two attached hydrogens (primary N) is 1. The molecule has 2 aromatic rings. The SMILES string of the molecule is Cc1ccc(C(=O)Nc2sc3c(c2C(N)=O)CCN(C(C)C)C3)cc1C. The molecule has 138 valence electrons. The van der Waals surface area contributed by atoms with Crippen LogP contribution in [0.25, 0.3) is 0 Å². The summed E-state index contributed by atoms with van der Waals surface area (Å²) in [5.74, 6) is -0.689. The number of thiophene rings is 1. The van der Waals surface area contributed by atoms with Crippen molar-refractivity contribution in [3.8, 4) is 0 Å². The molecular weight excluding hydrogens is 346 g/mol. The van der Waals surface area contributed by atoms with E-state index >= 15 is 0 Å². The molecule has 3 N–H and O–H groups in total. The van der Waals surface area contributed by atoms with E-state index in [4.69, 9.17) is 5.73 Å². The van der Waals surface area contributed by atoms with Gasteiger partial charge in [-0.3, -0.25) is 14.5 Å². The molecule has 0 fully saturated rings. The lowest BCUT2D eigenvalue weighted by Crippen LogP contribution is -2.35. The summed E-state index contributed by atoms with van der Waals surface area (Å²) in [6.45, 7) is 10.00. The van der Waals surface area contributed by atoms with Gasteiger partial charge in [-0.15, -0.1) is 11.3 Å². The van der Waals surface area contributed by atoms with Crippen LogP contribution in [0, 0.1) is 13.8 Å². The molecule has 1 aromatic heterocycles. The van der Waals surface area contributed by atoms with Gasteiger partial charge in [0.15, 0.2) is 0 Å². The molecule has 5 nitrogen and oxygen atoms in total. The van der Waals surface area contributed by atoms with Crippen LogP contribution >= 0.6 is 11.3 Å². The van der Waals surface area contributed by atoms with Gasteiger partial charge in [0, 0.05) is 29.6 Å². The Bertz CT molecular complexity index is 870. The monoisotopic (exact) mass is 371 g/mol. The van der Waals surface area contributed by atoms with Gasteiger partial charge in [-0.05, 0) is 62.9 Å². The Morgan fingerprint density at radius 2 is 1.96 bits per heavy atom. The van der Waals surface area contributed by atoms with E-state index in [0.29, 0.717) is 22.2 Å². The number of carbonyl (C=O) groups excluding carboxylic acids is 2. The second-order valence-corrected chi connectivity index (χ2v) is 8.24. The van der Waals surface area contributed by atoms with E-state index in [2.05, 4.69) is 24.1 Å². The number of hydrogen-bond donors (Lipinski definition) is 2. The molecule has 26 heavy (non-hydrogen) atoms. The molecule has 1 aliphatic rings. The van der Waals surface area contributed by atoms with Gasteiger partial charge in [-0.2, -0.15) is 0 Å². The molecule has 0 saturated carbocycles. The maximum Gasteiger partial charge on any atom is 0.256 e. The maximum absolute atomic E-state index is 12.7. The molecule has 2 heterocycles. The molecule has 0 spiro atoms. The van der Waals surface area contributed by atoms with Crippen LogP contribution in [0.2, 0.25) is 0 Å². The van der Waals surface area contributed by atoms with Crippen molar-refractivity contribution < 1.29 is 9.59 Å². The number of benzene rings is 1. The largest absolute Gasteiger partial charge is 0.365 e. The molecule has 0 radical (unpaired) electrons. The highest BCUT2D eigenvalue weighted by atomic mass is 32.1. The summed E-state index contributed by atoms with van der Waals surface area (Å²) in [7, 11) is 0. The number of primary amides is 1. The van der Waals surface area contributed by atoms with Crippen molar-refractivity contribution in [3.63, 3.8) is 0 Å². The summed E-state index contributed by atoms with van der Waals surface area (Å²) in [6, 6.07) is 6.04. The number of aryl methyl sites for hydroxylation is 2. The molecule has 3 rings (SSSR count). The third-order valence-corrected chi connectivity index (χ3v) is 6.19. The lowest BCUT2D eigenvalue weighted by molar-refractivity contribution is 0.0999. The third kappa shape index (κ3) is 3.52. The number of nitrogens with one attached hydrogen (secondary N) is 1. The van der Waals surface area contributed by atoms with Crippen LogP contribution in [0.3, 0.4) is 0 Å². The Kier molecular flexibility index (Phi) is 5.16. The first kappa shape index (κ1) is 18.6. The minimum atomic E-state index is -0.476. The van der Waals surface area contributed by atoms with E-state index in [0.717, 1.165) is 41.1 Å². The molecule has 0 aliphatic carbocycles. The summed E-state index contributed by atoms with van der Waals surface area (Å²) < 4.78 is 0. The van der Waals surface area contributed by atoms with Gasteiger partial charge in [0.1, 0.15) is 5.00 Å². The van der Waals surface area contributed by atoms with E-state index < -0.39 is 5.91 Å². The summed E-state index contributed by atoms with van der Waals surface area (Å²) in [6.07, 6.45) is 0.780. The first-order valence-corrected chi connectivity index (χ1v) is 9.66. The van der Waals surface area contributed by atoms with E-state index in [1.165, 1.54) is 11.3 Å². The van der Waals surface area contributed by atoms with Gasteiger partial charge in [-0.25, -0.2) is 0 Å². The smallest absolute Gasteiger partial charge is 0.256 e. The van der Waals surface area contributed by atoms with Gasteiger partial charge < -0.3 is 11.1 Å². The molecule has 0 unspecified atom stereocenters. The van der Waals surface area contributed by atoms with E-state index in [9.17, 15) is 9.59 Å². The number of carbonyl (C=O) groups is 2. The van der Waals surface area contributed by atoms with Crippen molar-refractivity contribution in [3.05, 3.63) is 50.9 Å². The van der Waals surface area contributed by atoms with E-state index in [1.807, 2.05) is 26.0 Å². The molecule has 2 amide bonds. The Morgan fingerprint density at radius 3 is 2.58 bits per heavy atom. The lowest BCUT2D eigenvalue weighted by Gasteiger charge is -2.30. The standard InChI is InChI=1S/C20H25N3O2S/c1-11(2)23-8-7-15-16(10-23)26-20(17(15)18(21)24)22-19(25)14-6-5-12(3)13(4)9-14/h5-6,9,11H,7-8,10H2,1-4H3,(H2,21,24)(H,22,25). The minimum Gasteiger partial charge on any atom is -0.365 e. The predicted octanol–water partition coefficient (Wildman–Crippen LogP) is 3.48. The fourth-order valence-corrected chi connectivity index (χ4v) is 4.54. The maximum atomic E-state index is 12.7. The van der Waals surface area contributed by atoms with Crippen LogP contribution in [0.5, 0.6) is 0 Å². The molecule has 1 aliphatic heterocycles. The molecule has 0 bridgehead atoms. The van der Waals surface area contributed by atoms with Gasteiger partial charge >= 0.3 is 0 Å². The normalized spacial score (nSPS) is 14.3. The van der Waals surface area contributed by atoms with Crippen molar-refractivity contribution in [1.82, 2.24) is 4.90 Å². The van der Waals surface area contributed by atoms with Crippen LogP contribution in [-0.2, 0) is 13.0 Å². The average Bonchev–Trinajstić information content (AvgIpc) is 2.94. The van der Waals surface area contributed by atoms with E-state index in [-0.39, 0.29) is 5.91 Å². The Morgan fingerprint density at radius 1 is 1.23 bits per heavy atom. The fourth-order valence-electron chi connectivity index (χ4n) is 3.27. The summed E-state index contributed by atoms with van der Waals surface area (Å²) in [5.41, 5.74) is 9.89. The highest BCUT2D eigenvalue weighted by molar-refractivity contribution is 7.17. The van der Waals surface area contributed by atoms with Gasteiger partial charge in [0.05, 0.1) is 5.56 Å².